The minimum atomic E-state index is -0.0162. The van der Waals surface area contributed by atoms with Crippen molar-refractivity contribution in [2.45, 2.75) is 26.8 Å². The van der Waals surface area contributed by atoms with Gasteiger partial charge in [-0.25, -0.2) is 0 Å². The van der Waals surface area contributed by atoms with Gasteiger partial charge >= 0.3 is 0 Å². The first kappa shape index (κ1) is 11.0. The lowest BCUT2D eigenvalue weighted by molar-refractivity contribution is -0.119. The van der Waals surface area contributed by atoms with Crippen molar-refractivity contribution < 1.29 is 4.79 Å². The smallest absolute Gasteiger partial charge is 0.146 e. The third-order valence-corrected chi connectivity index (χ3v) is 2.29. The average Bonchev–Trinajstić information content (AvgIpc) is 1.98. The molecule has 0 rings (SSSR count). The zero-order chi connectivity index (χ0) is 8.85. The fourth-order valence-electron chi connectivity index (χ4n) is 1.07. The molecule has 0 aromatic rings. The van der Waals surface area contributed by atoms with E-state index in [0.29, 0.717) is 5.92 Å². The molecule has 1 unspecified atom stereocenters. The molecule has 66 valence electrons. The van der Waals surface area contributed by atoms with E-state index in [4.69, 9.17) is 0 Å². The molecule has 0 aliphatic heterocycles. The largest absolute Gasteiger partial charge is 0.308 e. The molecule has 0 spiro atoms. The maximum Gasteiger partial charge on any atom is 0.146 e. The second-order valence-corrected chi connectivity index (χ2v) is 3.17. The molecule has 0 aliphatic carbocycles. The Morgan fingerprint density at radius 3 is 2.45 bits per heavy atom. The van der Waals surface area contributed by atoms with Crippen LogP contribution in [0, 0.1) is 5.92 Å². The monoisotopic (exact) mass is 175 g/mol. The van der Waals surface area contributed by atoms with E-state index in [2.05, 4.69) is 17.9 Å². The zero-order valence-electron chi connectivity index (χ0n) is 7.42. The Labute approximate surface area is 74.2 Å². The molecule has 0 aromatic carbocycles. The molecule has 0 bridgehead atoms. The predicted molar refractivity (Wildman–Crippen MR) is 51.2 cm³/mol. The van der Waals surface area contributed by atoms with Gasteiger partial charge in [-0.05, 0) is 25.1 Å². The third kappa shape index (κ3) is 3.77. The summed E-state index contributed by atoms with van der Waals surface area (Å²) in [5.74, 6) is 1.27. The van der Waals surface area contributed by atoms with Crippen molar-refractivity contribution in [3.8, 4) is 0 Å². The van der Waals surface area contributed by atoms with Crippen molar-refractivity contribution >= 4 is 18.4 Å². The van der Waals surface area contributed by atoms with Crippen molar-refractivity contribution in [1.29, 1.82) is 0 Å². The van der Waals surface area contributed by atoms with E-state index < -0.39 is 0 Å². The third-order valence-electron chi connectivity index (χ3n) is 1.72. The molecule has 0 saturated heterocycles. The Hall–Kier alpha value is -0.0200. The summed E-state index contributed by atoms with van der Waals surface area (Å²) in [5.41, 5.74) is 0. The number of carbonyl (C=O) groups excluding carboxylic acids is 1. The Morgan fingerprint density at radius 1 is 1.64 bits per heavy atom. The van der Waals surface area contributed by atoms with E-state index in [9.17, 15) is 4.79 Å². The van der Waals surface area contributed by atoms with Gasteiger partial charge in [-0.3, -0.25) is 4.79 Å². The van der Waals surface area contributed by atoms with Crippen molar-refractivity contribution in [3.63, 3.8) is 0 Å². The first-order chi connectivity index (χ1) is 5.13. The van der Waals surface area contributed by atoms with Gasteiger partial charge in [0.25, 0.3) is 0 Å². The lowest BCUT2D eigenvalue weighted by Gasteiger charge is -2.20. The maximum absolute atomic E-state index is 11.0. The molecule has 0 aliphatic rings. The van der Waals surface area contributed by atoms with Crippen molar-refractivity contribution in [2.24, 2.45) is 5.92 Å². The summed E-state index contributed by atoms with van der Waals surface area (Å²) in [5, 5.41) is 3.13. The number of carbonyl (C=O) groups is 1. The molecule has 0 radical (unpaired) electrons. The SMILES string of the molecule is CCN[C@H](C(C)=O)C(C)CS. The van der Waals surface area contributed by atoms with Gasteiger partial charge in [0.1, 0.15) is 5.78 Å². The van der Waals surface area contributed by atoms with Crippen LogP contribution in [0.15, 0.2) is 0 Å². The first-order valence-electron chi connectivity index (χ1n) is 3.98. The first-order valence-corrected chi connectivity index (χ1v) is 4.61. The molecule has 2 nitrogen and oxygen atoms in total. The van der Waals surface area contributed by atoms with Crippen LogP contribution >= 0.6 is 12.6 Å². The average molecular weight is 175 g/mol. The zero-order valence-corrected chi connectivity index (χ0v) is 8.32. The van der Waals surface area contributed by atoms with Gasteiger partial charge in [0.05, 0.1) is 6.04 Å². The van der Waals surface area contributed by atoms with E-state index >= 15 is 0 Å². The van der Waals surface area contributed by atoms with Crippen molar-refractivity contribution in [2.75, 3.05) is 12.3 Å². The minimum absolute atomic E-state index is 0.0162. The van der Waals surface area contributed by atoms with E-state index in [1.165, 1.54) is 0 Å². The molecule has 0 saturated carbocycles. The highest BCUT2D eigenvalue weighted by Gasteiger charge is 2.18. The van der Waals surface area contributed by atoms with Crippen LogP contribution in [0.1, 0.15) is 20.8 Å². The number of rotatable bonds is 5. The van der Waals surface area contributed by atoms with Gasteiger partial charge in [0.15, 0.2) is 0 Å². The minimum Gasteiger partial charge on any atom is -0.308 e. The highest BCUT2D eigenvalue weighted by Crippen LogP contribution is 2.05. The van der Waals surface area contributed by atoms with E-state index in [1.54, 1.807) is 6.92 Å². The molecule has 2 atom stereocenters. The number of ketones is 1. The van der Waals surface area contributed by atoms with Gasteiger partial charge in [0, 0.05) is 0 Å². The Morgan fingerprint density at radius 2 is 2.18 bits per heavy atom. The summed E-state index contributed by atoms with van der Waals surface area (Å²) in [6, 6.07) is -0.0162. The maximum atomic E-state index is 11.0. The fraction of sp³-hybridized carbons (Fsp3) is 0.875. The molecular formula is C8H17NOS. The number of likely N-dealkylation sites (N-methyl/N-ethyl adjacent to an activating group) is 1. The normalized spacial score (nSPS) is 16.0. The van der Waals surface area contributed by atoms with E-state index in [-0.39, 0.29) is 11.8 Å². The van der Waals surface area contributed by atoms with E-state index in [1.807, 2.05) is 13.8 Å². The standard InChI is InChI=1S/C8H17NOS/c1-4-9-8(7(3)10)6(2)5-11/h6,8-9,11H,4-5H2,1-3H3/t6?,8-/m0/s1. The molecule has 3 heteroatoms. The summed E-state index contributed by atoms with van der Waals surface area (Å²) in [6.07, 6.45) is 0. The van der Waals surface area contributed by atoms with Crippen LogP contribution in [0.2, 0.25) is 0 Å². The molecule has 0 amide bonds. The highest BCUT2D eigenvalue weighted by atomic mass is 32.1. The van der Waals surface area contributed by atoms with Crippen LogP contribution in [-0.2, 0) is 4.79 Å². The highest BCUT2D eigenvalue weighted by molar-refractivity contribution is 7.80. The Balaban J connectivity index is 3.97. The van der Waals surface area contributed by atoms with Crippen LogP contribution < -0.4 is 5.32 Å². The van der Waals surface area contributed by atoms with Gasteiger partial charge in [0.2, 0.25) is 0 Å². The summed E-state index contributed by atoms with van der Waals surface area (Å²) < 4.78 is 0. The number of hydrogen-bond donors (Lipinski definition) is 2. The predicted octanol–water partition coefficient (Wildman–Crippen LogP) is 1.12. The number of nitrogens with one attached hydrogen (secondary N) is 1. The summed E-state index contributed by atoms with van der Waals surface area (Å²) in [4.78, 5) is 11.0. The molecule has 11 heavy (non-hydrogen) atoms. The van der Waals surface area contributed by atoms with Crippen LogP contribution in [0.4, 0.5) is 0 Å². The van der Waals surface area contributed by atoms with Crippen LogP contribution in [0.3, 0.4) is 0 Å². The van der Waals surface area contributed by atoms with E-state index in [0.717, 1.165) is 12.3 Å². The molecular weight excluding hydrogens is 158 g/mol. The lowest BCUT2D eigenvalue weighted by atomic mass is 10.0. The quantitative estimate of drug-likeness (QED) is 0.613. The molecule has 0 heterocycles. The summed E-state index contributed by atoms with van der Waals surface area (Å²) in [7, 11) is 0. The second-order valence-electron chi connectivity index (χ2n) is 2.81. The fourth-order valence-corrected chi connectivity index (χ4v) is 1.28. The Bertz CT molecular complexity index is 127. The molecule has 0 aromatic heterocycles. The second kappa shape index (κ2) is 5.61. The van der Waals surface area contributed by atoms with Crippen molar-refractivity contribution in [1.82, 2.24) is 5.32 Å². The van der Waals surface area contributed by atoms with Gasteiger partial charge in [-0.15, -0.1) is 0 Å². The number of Topliss-reactive ketones (excluding diaryl/α,β-unsaturated/α-hetero) is 1. The Kier molecular flexibility index (Phi) is 5.60. The number of thiol groups is 1. The van der Waals surface area contributed by atoms with Crippen LogP contribution in [0.25, 0.3) is 0 Å². The molecule has 1 N–H and O–H groups in total. The van der Waals surface area contributed by atoms with Gasteiger partial charge < -0.3 is 5.32 Å². The van der Waals surface area contributed by atoms with Gasteiger partial charge in [-0.2, -0.15) is 12.6 Å². The summed E-state index contributed by atoms with van der Waals surface area (Å²) >= 11 is 4.15. The van der Waals surface area contributed by atoms with Crippen molar-refractivity contribution in [3.05, 3.63) is 0 Å². The molecule has 0 fully saturated rings. The summed E-state index contributed by atoms with van der Waals surface area (Å²) in [6.45, 7) is 6.48. The lowest BCUT2D eigenvalue weighted by Crippen LogP contribution is -2.41. The van der Waals surface area contributed by atoms with Crippen LogP contribution in [0.5, 0.6) is 0 Å². The van der Waals surface area contributed by atoms with Gasteiger partial charge in [-0.1, -0.05) is 13.8 Å². The topological polar surface area (TPSA) is 29.1 Å². The number of hydrogen-bond acceptors (Lipinski definition) is 3. The van der Waals surface area contributed by atoms with Crippen LogP contribution in [-0.4, -0.2) is 24.1 Å².